The van der Waals surface area contributed by atoms with E-state index < -0.39 is 5.97 Å². The molecule has 0 radical (unpaired) electrons. The molecule has 0 aliphatic carbocycles. The minimum atomic E-state index is -0.990. The van der Waals surface area contributed by atoms with E-state index in [0.717, 1.165) is 6.42 Å². The summed E-state index contributed by atoms with van der Waals surface area (Å²) in [6.45, 7) is 2.73. The van der Waals surface area contributed by atoms with Crippen molar-refractivity contribution in [3.8, 4) is 11.4 Å². The zero-order chi connectivity index (χ0) is 14.8. The number of carboxylic acid groups (broad SMARTS) is 1. The second-order valence-electron chi connectivity index (χ2n) is 4.68. The molecule has 0 amide bonds. The second-order valence-corrected chi connectivity index (χ2v) is 4.68. The van der Waals surface area contributed by atoms with E-state index in [0.29, 0.717) is 29.0 Å². The maximum atomic E-state index is 11.5. The molecule has 21 heavy (non-hydrogen) atoms. The first-order chi connectivity index (χ1) is 10.2. The molecule has 1 N–H and O–H groups in total. The van der Waals surface area contributed by atoms with Crippen molar-refractivity contribution in [1.82, 2.24) is 19.7 Å². The summed E-state index contributed by atoms with van der Waals surface area (Å²) in [7, 11) is 0. The third-order valence-corrected chi connectivity index (χ3v) is 3.20. The van der Waals surface area contributed by atoms with Crippen LogP contribution >= 0.6 is 0 Å². The number of carbonyl (C=O) groups is 1. The Kier molecular flexibility index (Phi) is 3.35. The number of rotatable bonds is 4. The molecule has 3 rings (SSSR count). The van der Waals surface area contributed by atoms with Gasteiger partial charge in [-0.3, -0.25) is 4.98 Å². The fourth-order valence-corrected chi connectivity index (χ4v) is 2.25. The van der Waals surface area contributed by atoms with Crippen molar-refractivity contribution >= 4 is 17.0 Å². The Morgan fingerprint density at radius 3 is 2.86 bits per heavy atom. The third-order valence-electron chi connectivity index (χ3n) is 3.20. The van der Waals surface area contributed by atoms with Gasteiger partial charge in [-0.05, 0) is 24.6 Å². The van der Waals surface area contributed by atoms with Crippen molar-refractivity contribution < 1.29 is 9.90 Å². The average Bonchev–Trinajstić information content (AvgIpc) is 2.90. The van der Waals surface area contributed by atoms with Crippen molar-refractivity contribution in [2.45, 2.75) is 19.9 Å². The minimum Gasteiger partial charge on any atom is -0.478 e. The molecular formula is C15H14N4O2. The lowest BCUT2D eigenvalue weighted by molar-refractivity contribution is 0.0699. The van der Waals surface area contributed by atoms with Crippen LogP contribution in [0.1, 0.15) is 23.7 Å². The van der Waals surface area contributed by atoms with E-state index in [9.17, 15) is 9.90 Å². The van der Waals surface area contributed by atoms with Crippen LogP contribution in [0.5, 0.6) is 0 Å². The lowest BCUT2D eigenvalue weighted by atomic mass is 10.1. The van der Waals surface area contributed by atoms with Crippen LogP contribution in [0.3, 0.4) is 0 Å². The summed E-state index contributed by atoms with van der Waals surface area (Å²) >= 11 is 0. The SMILES string of the molecule is CCCn1ncc2c(C(=O)O)cc(-c3ccccn3)nc21. The third kappa shape index (κ3) is 2.35. The van der Waals surface area contributed by atoms with E-state index >= 15 is 0 Å². The highest BCUT2D eigenvalue weighted by Gasteiger charge is 2.16. The molecule has 6 heteroatoms. The Labute approximate surface area is 121 Å². The maximum Gasteiger partial charge on any atom is 0.336 e. The van der Waals surface area contributed by atoms with Gasteiger partial charge in [0.1, 0.15) is 0 Å². The minimum absolute atomic E-state index is 0.197. The highest BCUT2D eigenvalue weighted by Crippen LogP contribution is 2.23. The Morgan fingerprint density at radius 2 is 2.19 bits per heavy atom. The standard InChI is InChI=1S/C15H14N4O2/c1-2-7-19-14-11(9-17-19)10(15(20)21)8-13(18-14)12-5-3-4-6-16-12/h3-6,8-9H,2,7H2,1H3,(H,20,21). The molecule has 3 heterocycles. The van der Waals surface area contributed by atoms with Gasteiger partial charge in [0, 0.05) is 12.7 Å². The van der Waals surface area contributed by atoms with E-state index in [-0.39, 0.29) is 5.56 Å². The number of hydrogen-bond acceptors (Lipinski definition) is 4. The summed E-state index contributed by atoms with van der Waals surface area (Å²) in [4.78, 5) is 20.3. The van der Waals surface area contributed by atoms with Crippen LogP contribution in [0, 0.1) is 0 Å². The molecule has 0 aromatic carbocycles. The van der Waals surface area contributed by atoms with Gasteiger partial charge < -0.3 is 5.11 Å². The van der Waals surface area contributed by atoms with Crippen LogP contribution in [-0.4, -0.2) is 30.8 Å². The predicted molar refractivity (Wildman–Crippen MR) is 78.0 cm³/mol. The lowest BCUT2D eigenvalue weighted by Crippen LogP contribution is -2.04. The molecule has 0 saturated carbocycles. The summed E-state index contributed by atoms with van der Waals surface area (Å²) < 4.78 is 1.73. The number of aromatic carboxylic acids is 1. The number of nitrogens with zero attached hydrogens (tertiary/aromatic N) is 4. The Bertz CT molecular complexity index is 796. The molecule has 0 atom stereocenters. The second kappa shape index (κ2) is 5.32. The largest absolute Gasteiger partial charge is 0.478 e. The normalized spacial score (nSPS) is 10.9. The van der Waals surface area contributed by atoms with Gasteiger partial charge in [0.2, 0.25) is 0 Å². The van der Waals surface area contributed by atoms with E-state index in [1.807, 2.05) is 19.1 Å². The number of carboxylic acids is 1. The van der Waals surface area contributed by atoms with E-state index in [1.165, 1.54) is 0 Å². The van der Waals surface area contributed by atoms with Gasteiger partial charge in [-0.1, -0.05) is 13.0 Å². The molecule has 0 spiro atoms. The molecule has 6 nitrogen and oxygen atoms in total. The molecule has 3 aromatic heterocycles. The van der Waals surface area contributed by atoms with Gasteiger partial charge in [0.15, 0.2) is 5.65 Å². The van der Waals surface area contributed by atoms with Crippen LogP contribution in [-0.2, 0) is 6.54 Å². The summed E-state index contributed by atoms with van der Waals surface area (Å²) in [6.07, 6.45) is 4.11. The van der Waals surface area contributed by atoms with Gasteiger partial charge >= 0.3 is 5.97 Å². The fraction of sp³-hybridized carbons (Fsp3) is 0.200. The van der Waals surface area contributed by atoms with Crippen molar-refractivity contribution in [3.63, 3.8) is 0 Å². The van der Waals surface area contributed by atoms with Crippen LogP contribution in [0.4, 0.5) is 0 Å². The van der Waals surface area contributed by atoms with Gasteiger partial charge in [0.25, 0.3) is 0 Å². The van der Waals surface area contributed by atoms with Gasteiger partial charge in [-0.2, -0.15) is 5.10 Å². The highest BCUT2D eigenvalue weighted by molar-refractivity contribution is 6.02. The number of aromatic nitrogens is 4. The Balaban J connectivity index is 2.27. The summed E-state index contributed by atoms with van der Waals surface area (Å²) in [6, 6.07) is 7.00. The predicted octanol–water partition coefficient (Wildman–Crippen LogP) is 2.60. The summed E-state index contributed by atoms with van der Waals surface area (Å²) in [5.74, 6) is -0.990. The fourth-order valence-electron chi connectivity index (χ4n) is 2.25. The maximum absolute atomic E-state index is 11.5. The molecule has 0 saturated heterocycles. The first-order valence-electron chi connectivity index (χ1n) is 6.72. The molecule has 0 fully saturated rings. The molecule has 0 aliphatic rings. The monoisotopic (exact) mass is 282 g/mol. The van der Waals surface area contributed by atoms with Crippen LogP contribution in [0.2, 0.25) is 0 Å². The lowest BCUT2D eigenvalue weighted by Gasteiger charge is -2.05. The molecular weight excluding hydrogens is 268 g/mol. The number of aryl methyl sites for hydroxylation is 1. The van der Waals surface area contributed by atoms with Gasteiger partial charge in [0.05, 0.1) is 28.5 Å². The first kappa shape index (κ1) is 13.2. The number of pyridine rings is 2. The van der Waals surface area contributed by atoms with Crippen LogP contribution < -0.4 is 0 Å². The average molecular weight is 282 g/mol. The smallest absolute Gasteiger partial charge is 0.336 e. The van der Waals surface area contributed by atoms with E-state index in [4.69, 9.17) is 0 Å². The van der Waals surface area contributed by atoms with Crippen LogP contribution in [0.25, 0.3) is 22.4 Å². The van der Waals surface area contributed by atoms with E-state index in [1.54, 1.807) is 29.2 Å². The molecule has 0 bridgehead atoms. The number of hydrogen-bond donors (Lipinski definition) is 1. The Morgan fingerprint density at radius 1 is 1.33 bits per heavy atom. The van der Waals surface area contributed by atoms with Crippen molar-refractivity contribution in [2.75, 3.05) is 0 Å². The zero-order valence-electron chi connectivity index (χ0n) is 11.5. The van der Waals surface area contributed by atoms with Crippen molar-refractivity contribution in [1.29, 1.82) is 0 Å². The van der Waals surface area contributed by atoms with Crippen molar-refractivity contribution in [2.24, 2.45) is 0 Å². The molecule has 3 aromatic rings. The summed E-state index contributed by atoms with van der Waals surface area (Å²) in [5.41, 5.74) is 1.96. The van der Waals surface area contributed by atoms with Gasteiger partial charge in [-0.25, -0.2) is 14.5 Å². The molecule has 106 valence electrons. The molecule has 0 unspecified atom stereocenters. The van der Waals surface area contributed by atoms with Gasteiger partial charge in [-0.15, -0.1) is 0 Å². The van der Waals surface area contributed by atoms with Crippen molar-refractivity contribution in [3.05, 3.63) is 42.2 Å². The van der Waals surface area contributed by atoms with E-state index in [2.05, 4.69) is 15.1 Å². The quantitative estimate of drug-likeness (QED) is 0.795. The highest BCUT2D eigenvalue weighted by atomic mass is 16.4. The zero-order valence-corrected chi connectivity index (χ0v) is 11.5. The summed E-state index contributed by atoms with van der Waals surface area (Å²) in [5, 5.41) is 14.2. The molecule has 0 aliphatic heterocycles. The van der Waals surface area contributed by atoms with Crippen LogP contribution in [0.15, 0.2) is 36.7 Å². The topological polar surface area (TPSA) is 80.9 Å². The number of fused-ring (bicyclic) bond motifs is 1. The first-order valence-corrected chi connectivity index (χ1v) is 6.72. The Hall–Kier alpha value is -2.76.